The van der Waals surface area contributed by atoms with Crippen molar-refractivity contribution in [2.45, 2.75) is 24.5 Å². The predicted octanol–water partition coefficient (Wildman–Crippen LogP) is 4.58. The summed E-state index contributed by atoms with van der Waals surface area (Å²) in [6.07, 6.45) is 0.326. The summed E-state index contributed by atoms with van der Waals surface area (Å²) in [5, 5.41) is 0. The van der Waals surface area contributed by atoms with Gasteiger partial charge in [-0.1, -0.05) is 54.6 Å². The molecule has 2 atom stereocenters. The molecule has 0 bridgehead atoms. The largest absolute Gasteiger partial charge is 0.482 e. The van der Waals surface area contributed by atoms with E-state index >= 15 is 0 Å². The van der Waals surface area contributed by atoms with Crippen molar-refractivity contribution in [3.63, 3.8) is 0 Å². The third-order valence-corrected chi connectivity index (χ3v) is 6.35. The van der Waals surface area contributed by atoms with Gasteiger partial charge in [0.05, 0.1) is 6.57 Å². The maximum atomic E-state index is 13.6. The average molecular weight is 422 g/mol. The monoisotopic (exact) mass is 422 g/mol. The van der Waals surface area contributed by atoms with Gasteiger partial charge in [-0.15, -0.1) is 0 Å². The number of ether oxygens (including phenoxy) is 1. The minimum absolute atomic E-state index is 0.172. The van der Waals surface area contributed by atoms with Gasteiger partial charge in [0.25, 0.3) is 5.91 Å². The Morgan fingerprint density at radius 2 is 1.81 bits per heavy atom. The molecule has 2 N–H and O–H groups in total. The Morgan fingerprint density at radius 3 is 2.50 bits per heavy atom. The number of hydrogen-bond donors (Lipinski definition) is 1. The number of fused-ring (bicyclic) bond motifs is 2. The number of carbonyl (C=O) groups is 1. The second kappa shape index (κ2) is 6.96. The van der Waals surface area contributed by atoms with Crippen LogP contribution in [0.15, 0.2) is 77.8 Å². The molecule has 158 valence electrons. The van der Waals surface area contributed by atoms with E-state index in [2.05, 4.69) is 4.85 Å². The van der Waals surface area contributed by atoms with Gasteiger partial charge in [-0.05, 0) is 41.8 Å². The van der Waals surface area contributed by atoms with Crippen LogP contribution in [-0.4, -0.2) is 23.8 Å². The van der Waals surface area contributed by atoms with Crippen molar-refractivity contribution in [3.05, 3.63) is 95.3 Å². The molecule has 0 fully saturated rings. The van der Waals surface area contributed by atoms with Gasteiger partial charge in [0, 0.05) is 19.0 Å². The highest BCUT2D eigenvalue weighted by atomic mass is 16.5. The lowest BCUT2D eigenvalue weighted by Gasteiger charge is -2.43. The molecular weight excluding hydrogens is 400 g/mol. The van der Waals surface area contributed by atoms with Crippen molar-refractivity contribution in [1.29, 1.82) is 0 Å². The molecule has 1 amide bonds. The van der Waals surface area contributed by atoms with Gasteiger partial charge in [-0.2, -0.15) is 0 Å². The Morgan fingerprint density at radius 1 is 1.06 bits per heavy atom. The summed E-state index contributed by atoms with van der Waals surface area (Å²) in [4.78, 5) is 23.2. The summed E-state index contributed by atoms with van der Waals surface area (Å²) in [5.74, 6) is 0.625. The Balaban J connectivity index is 1.71. The summed E-state index contributed by atoms with van der Waals surface area (Å²) in [5.41, 5.74) is 8.18. The molecule has 6 heteroatoms. The van der Waals surface area contributed by atoms with Crippen molar-refractivity contribution >= 4 is 17.6 Å². The van der Waals surface area contributed by atoms with E-state index in [-0.39, 0.29) is 11.9 Å². The van der Waals surface area contributed by atoms with Crippen LogP contribution >= 0.6 is 0 Å². The minimum Gasteiger partial charge on any atom is -0.482 e. The number of rotatable bonds is 2. The summed E-state index contributed by atoms with van der Waals surface area (Å²) < 4.78 is 6.52. The van der Waals surface area contributed by atoms with Gasteiger partial charge in [-0.3, -0.25) is 9.69 Å². The molecule has 0 radical (unpaired) electrons. The first-order chi connectivity index (χ1) is 15.4. The second-order valence-electron chi connectivity index (χ2n) is 8.44. The maximum Gasteiger partial charge on any atom is 0.261 e. The lowest BCUT2D eigenvalue weighted by Crippen LogP contribution is -2.49. The first-order valence-electron chi connectivity index (χ1n) is 10.4. The molecule has 6 nitrogen and oxygen atoms in total. The van der Waals surface area contributed by atoms with E-state index in [9.17, 15) is 4.79 Å². The molecule has 0 aliphatic carbocycles. The van der Waals surface area contributed by atoms with Gasteiger partial charge >= 0.3 is 0 Å². The van der Waals surface area contributed by atoms with E-state index in [1.165, 1.54) is 4.90 Å². The molecule has 0 saturated carbocycles. The van der Waals surface area contributed by atoms with Crippen LogP contribution in [0.3, 0.4) is 0 Å². The molecule has 0 aromatic heterocycles. The number of guanidine groups is 1. The number of amides is 1. The zero-order valence-electron chi connectivity index (χ0n) is 17.9. The van der Waals surface area contributed by atoms with Crippen LogP contribution in [-0.2, 0) is 15.9 Å². The zero-order chi connectivity index (χ0) is 22.5. The van der Waals surface area contributed by atoms with E-state index in [0.29, 0.717) is 23.4 Å². The fraction of sp³-hybridized carbons (Fsp3) is 0.192. The van der Waals surface area contributed by atoms with E-state index in [0.717, 1.165) is 16.7 Å². The topological polar surface area (TPSA) is 72.3 Å². The third kappa shape index (κ3) is 2.86. The van der Waals surface area contributed by atoms with Crippen LogP contribution in [0.4, 0.5) is 5.69 Å². The zero-order valence-corrected chi connectivity index (χ0v) is 17.9. The minimum atomic E-state index is -1.18. The summed E-state index contributed by atoms with van der Waals surface area (Å²) in [6, 6.07) is 23.0. The van der Waals surface area contributed by atoms with Crippen molar-refractivity contribution in [2.24, 2.45) is 10.7 Å². The third-order valence-electron chi connectivity index (χ3n) is 6.35. The Bertz CT molecular complexity index is 1310. The molecule has 1 spiro atoms. The molecule has 2 aliphatic heterocycles. The van der Waals surface area contributed by atoms with Crippen molar-refractivity contribution in [2.75, 3.05) is 7.05 Å². The Hall–Kier alpha value is -4.11. The number of nitrogens with zero attached hydrogens (tertiary/aromatic N) is 3. The van der Waals surface area contributed by atoms with Crippen LogP contribution in [0, 0.1) is 6.57 Å². The van der Waals surface area contributed by atoms with Crippen molar-refractivity contribution < 1.29 is 9.53 Å². The summed E-state index contributed by atoms with van der Waals surface area (Å²) in [6.45, 7) is 9.29. The van der Waals surface area contributed by atoms with Crippen LogP contribution in [0.2, 0.25) is 0 Å². The number of hydrogen-bond acceptors (Lipinski definition) is 4. The SMILES string of the molecule is [C-]#[N+]c1cccc(-c2ccc3c(c2)C2(CC(C)(c4ccccc4)O3)N=C(N)N(C)C2=O)c1. The van der Waals surface area contributed by atoms with Crippen molar-refractivity contribution in [3.8, 4) is 16.9 Å². The second-order valence-corrected chi connectivity index (χ2v) is 8.44. The number of carbonyl (C=O) groups excluding carboxylic acids is 1. The molecule has 5 rings (SSSR count). The lowest BCUT2D eigenvalue weighted by molar-refractivity contribution is -0.134. The first-order valence-corrected chi connectivity index (χ1v) is 10.4. The van der Waals surface area contributed by atoms with E-state index in [4.69, 9.17) is 22.0 Å². The fourth-order valence-corrected chi connectivity index (χ4v) is 4.68. The molecular formula is C26H22N4O2. The van der Waals surface area contributed by atoms with E-state index in [1.54, 1.807) is 13.1 Å². The average Bonchev–Trinajstić information content (AvgIpc) is 3.03. The number of aliphatic imine (C=N–C) groups is 1. The molecule has 2 unspecified atom stereocenters. The quantitative estimate of drug-likeness (QED) is 0.614. The normalized spacial score (nSPS) is 24.0. The molecule has 0 saturated heterocycles. The van der Waals surface area contributed by atoms with Crippen LogP contribution in [0.25, 0.3) is 16.0 Å². The number of benzene rings is 3. The summed E-state index contributed by atoms with van der Waals surface area (Å²) >= 11 is 0. The van der Waals surface area contributed by atoms with Gasteiger partial charge < -0.3 is 10.5 Å². The van der Waals surface area contributed by atoms with Gasteiger partial charge in [0.15, 0.2) is 17.2 Å². The lowest BCUT2D eigenvalue weighted by atomic mass is 9.74. The standard InChI is InChI=1S/C26H22N4O2/c1-25(19-9-5-4-6-10-19)16-26(23(31)30(3)24(27)29-26)21-15-18(12-13-22(21)32-25)17-8-7-11-20(14-17)28-2/h4-15H,16H2,1,3H3,(H2,27,29). The van der Waals surface area contributed by atoms with E-state index in [1.807, 2.05) is 73.7 Å². The Labute approximate surface area is 186 Å². The van der Waals surface area contributed by atoms with Gasteiger partial charge in [-0.25, -0.2) is 9.84 Å². The highest BCUT2D eigenvalue weighted by Gasteiger charge is 2.57. The molecule has 2 heterocycles. The van der Waals surface area contributed by atoms with Crippen LogP contribution < -0.4 is 10.5 Å². The highest BCUT2D eigenvalue weighted by molar-refractivity contribution is 6.07. The predicted molar refractivity (Wildman–Crippen MR) is 123 cm³/mol. The van der Waals surface area contributed by atoms with Crippen molar-refractivity contribution in [1.82, 2.24) is 4.90 Å². The summed E-state index contributed by atoms with van der Waals surface area (Å²) in [7, 11) is 1.65. The molecule has 3 aromatic carbocycles. The molecule has 3 aromatic rings. The van der Waals surface area contributed by atoms with Gasteiger partial charge in [0.2, 0.25) is 0 Å². The first kappa shape index (κ1) is 19.8. The fourth-order valence-electron chi connectivity index (χ4n) is 4.68. The van der Waals surface area contributed by atoms with Crippen LogP contribution in [0.5, 0.6) is 5.75 Å². The van der Waals surface area contributed by atoms with Gasteiger partial charge in [0.1, 0.15) is 11.4 Å². The Kier molecular flexibility index (Phi) is 4.31. The smallest absolute Gasteiger partial charge is 0.261 e. The maximum absolute atomic E-state index is 13.6. The molecule has 32 heavy (non-hydrogen) atoms. The highest BCUT2D eigenvalue weighted by Crippen LogP contribution is 2.52. The number of nitrogens with two attached hydrogens (primary N) is 1. The van der Waals surface area contributed by atoms with Crippen LogP contribution in [0.1, 0.15) is 24.5 Å². The molecule has 2 aliphatic rings. The van der Waals surface area contributed by atoms with E-state index < -0.39 is 11.1 Å². The number of likely N-dealkylation sites (N-methyl/N-ethyl adjacent to an activating group) is 1.